The first-order valence-corrected chi connectivity index (χ1v) is 7.58. The van der Waals surface area contributed by atoms with Gasteiger partial charge in [-0.15, -0.1) is 0 Å². The highest BCUT2D eigenvalue weighted by atomic mass is 35.5. The summed E-state index contributed by atoms with van der Waals surface area (Å²) < 4.78 is 0. The first kappa shape index (κ1) is 13.6. The molecule has 0 aliphatic heterocycles. The van der Waals surface area contributed by atoms with Crippen molar-refractivity contribution in [2.24, 2.45) is 22.4 Å². The van der Waals surface area contributed by atoms with Crippen LogP contribution in [0.25, 0.3) is 0 Å². The van der Waals surface area contributed by atoms with E-state index in [-0.39, 0.29) is 17.2 Å². The normalized spacial score (nSPS) is 31.9. The van der Waals surface area contributed by atoms with E-state index in [2.05, 4.69) is 17.5 Å². The summed E-state index contributed by atoms with van der Waals surface area (Å²) in [5.41, 5.74) is 3.71. The highest BCUT2D eigenvalue weighted by Crippen LogP contribution is 2.66. The van der Waals surface area contributed by atoms with E-state index in [1.807, 2.05) is 18.2 Å². The Kier molecular flexibility index (Phi) is 3.55. The van der Waals surface area contributed by atoms with Gasteiger partial charge in [0.25, 0.3) is 0 Å². The summed E-state index contributed by atoms with van der Waals surface area (Å²) in [5, 5.41) is 4.68. The molecular formula is C16H19ClN2O. The van der Waals surface area contributed by atoms with E-state index in [0.29, 0.717) is 10.9 Å². The maximum Gasteiger partial charge on any atom is 0.244 e. The Bertz CT molecular complexity index is 557. The van der Waals surface area contributed by atoms with Gasteiger partial charge in [0.15, 0.2) is 0 Å². The fourth-order valence-corrected chi connectivity index (χ4v) is 3.85. The van der Waals surface area contributed by atoms with Crippen molar-refractivity contribution in [1.29, 1.82) is 0 Å². The second-order valence-electron chi connectivity index (χ2n) is 6.09. The molecule has 1 amide bonds. The molecule has 4 heteroatoms. The molecule has 20 heavy (non-hydrogen) atoms. The van der Waals surface area contributed by atoms with Crippen LogP contribution >= 0.6 is 11.6 Å². The Labute approximate surface area is 124 Å². The van der Waals surface area contributed by atoms with Gasteiger partial charge in [0.2, 0.25) is 5.91 Å². The van der Waals surface area contributed by atoms with Crippen molar-refractivity contribution in [2.45, 2.75) is 32.6 Å². The van der Waals surface area contributed by atoms with Crippen LogP contribution in [0, 0.1) is 17.3 Å². The van der Waals surface area contributed by atoms with E-state index >= 15 is 0 Å². The Morgan fingerprint density at radius 1 is 1.45 bits per heavy atom. The predicted molar refractivity (Wildman–Crippen MR) is 80.7 cm³/mol. The summed E-state index contributed by atoms with van der Waals surface area (Å²) >= 11 is 6.03. The molecule has 0 unspecified atom stereocenters. The van der Waals surface area contributed by atoms with Gasteiger partial charge in [-0.2, -0.15) is 5.10 Å². The molecule has 3 nitrogen and oxygen atoms in total. The van der Waals surface area contributed by atoms with Gasteiger partial charge in [0.1, 0.15) is 0 Å². The molecule has 1 N–H and O–H groups in total. The van der Waals surface area contributed by atoms with Crippen molar-refractivity contribution in [3.05, 3.63) is 34.9 Å². The molecule has 0 bridgehead atoms. The molecular weight excluding hydrogens is 272 g/mol. The number of halogens is 1. The van der Waals surface area contributed by atoms with Crippen molar-refractivity contribution in [3.63, 3.8) is 0 Å². The average Bonchev–Trinajstić information content (AvgIpc) is 3.06. The minimum atomic E-state index is 0.0581. The number of amides is 1. The fourth-order valence-electron chi connectivity index (χ4n) is 3.67. The quantitative estimate of drug-likeness (QED) is 0.670. The number of nitrogens with zero attached hydrogens (tertiary/aromatic N) is 1. The summed E-state index contributed by atoms with van der Waals surface area (Å²) in [6, 6.07) is 7.44. The molecule has 2 aliphatic carbocycles. The van der Waals surface area contributed by atoms with Crippen LogP contribution in [0.15, 0.2) is 29.4 Å². The van der Waals surface area contributed by atoms with Crippen LogP contribution in [0.5, 0.6) is 0 Å². The molecule has 0 spiro atoms. The van der Waals surface area contributed by atoms with Gasteiger partial charge in [-0.05, 0) is 30.2 Å². The summed E-state index contributed by atoms with van der Waals surface area (Å²) in [5.74, 6) is 0.767. The van der Waals surface area contributed by atoms with Crippen LogP contribution < -0.4 is 5.43 Å². The lowest BCUT2D eigenvalue weighted by atomic mass is 9.90. The summed E-state index contributed by atoms with van der Waals surface area (Å²) in [6.07, 6.45) is 6.47. The number of carbonyl (C=O) groups is 1. The molecule has 2 fully saturated rings. The van der Waals surface area contributed by atoms with E-state index in [9.17, 15) is 4.79 Å². The van der Waals surface area contributed by atoms with Crippen molar-refractivity contribution < 1.29 is 4.79 Å². The topological polar surface area (TPSA) is 41.5 Å². The van der Waals surface area contributed by atoms with Gasteiger partial charge in [-0.1, -0.05) is 49.6 Å². The number of hydrogen-bond donors (Lipinski definition) is 1. The zero-order valence-corrected chi connectivity index (χ0v) is 12.4. The number of rotatable bonds is 3. The Balaban J connectivity index is 1.60. The lowest BCUT2D eigenvalue weighted by Crippen LogP contribution is -2.22. The highest BCUT2D eigenvalue weighted by Gasteiger charge is 2.64. The molecule has 3 atom stereocenters. The van der Waals surface area contributed by atoms with Gasteiger partial charge in [0, 0.05) is 16.5 Å². The van der Waals surface area contributed by atoms with Gasteiger partial charge < -0.3 is 0 Å². The van der Waals surface area contributed by atoms with E-state index in [1.54, 1.807) is 12.3 Å². The van der Waals surface area contributed by atoms with Crippen LogP contribution in [-0.4, -0.2) is 12.1 Å². The summed E-state index contributed by atoms with van der Waals surface area (Å²) in [4.78, 5) is 12.2. The first-order valence-electron chi connectivity index (χ1n) is 7.20. The largest absolute Gasteiger partial charge is 0.273 e. The third-order valence-electron chi connectivity index (χ3n) is 4.90. The van der Waals surface area contributed by atoms with Crippen LogP contribution in [0.1, 0.15) is 38.2 Å². The van der Waals surface area contributed by atoms with E-state index in [0.717, 1.165) is 5.56 Å². The minimum absolute atomic E-state index is 0.0581. The number of benzene rings is 1. The smallest absolute Gasteiger partial charge is 0.244 e. The second kappa shape index (κ2) is 5.21. The van der Waals surface area contributed by atoms with Gasteiger partial charge in [-0.3, -0.25) is 4.79 Å². The number of fused-ring (bicyclic) bond motifs is 1. The van der Waals surface area contributed by atoms with E-state index in [4.69, 9.17) is 11.6 Å². The molecule has 1 aromatic rings. The van der Waals surface area contributed by atoms with Crippen LogP contribution in [0.2, 0.25) is 5.02 Å². The number of hydrogen-bond acceptors (Lipinski definition) is 2. The molecule has 0 aromatic heterocycles. The molecule has 2 aliphatic rings. The monoisotopic (exact) mass is 290 g/mol. The van der Waals surface area contributed by atoms with Crippen LogP contribution in [0.4, 0.5) is 0 Å². The molecule has 3 rings (SSSR count). The van der Waals surface area contributed by atoms with E-state index in [1.165, 1.54) is 25.7 Å². The standard InChI is InChI=1S/C16H19ClN2O/c1-16-9-5-4-7-12(16)14(16)15(20)19-18-10-11-6-2-3-8-13(11)17/h2-3,6,8,10,12,14H,4-5,7,9H2,1H3,(H,19,20)/b18-10+/t12-,14+,16+/m1/s1. The third kappa shape index (κ3) is 2.35. The van der Waals surface area contributed by atoms with Crippen LogP contribution in [-0.2, 0) is 4.79 Å². The second-order valence-corrected chi connectivity index (χ2v) is 6.50. The Morgan fingerprint density at radius 3 is 2.95 bits per heavy atom. The summed E-state index contributed by atoms with van der Waals surface area (Å²) in [6.45, 7) is 2.23. The Hall–Kier alpha value is -1.35. The maximum absolute atomic E-state index is 12.2. The first-order chi connectivity index (χ1) is 9.63. The molecule has 0 radical (unpaired) electrons. The summed E-state index contributed by atoms with van der Waals surface area (Å²) in [7, 11) is 0. The van der Waals surface area contributed by atoms with Crippen molar-refractivity contribution >= 4 is 23.7 Å². The van der Waals surface area contributed by atoms with Gasteiger partial charge in [-0.25, -0.2) is 5.43 Å². The van der Waals surface area contributed by atoms with Crippen molar-refractivity contribution in [2.75, 3.05) is 0 Å². The molecule has 2 saturated carbocycles. The number of carbonyl (C=O) groups excluding carboxylic acids is 1. The van der Waals surface area contributed by atoms with Gasteiger partial charge >= 0.3 is 0 Å². The predicted octanol–water partition coefficient (Wildman–Crippen LogP) is 3.62. The van der Waals surface area contributed by atoms with Crippen molar-refractivity contribution in [1.82, 2.24) is 5.43 Å². The fraction of sp³-hybridized carbons (Fsp3) is 0.500. The SMILES string of the molecule is C[C@]12CCCC[C@@H]1[C@H]2C(=O)N/N=C/c1ccccc1Cl. The van der Waals surface area contributed by atoms with E-state index < -0.39 is 0 Å². The lowest BCUT2D eigenvalue weighted by Gasteiger charge is -2.15. The molecule has 0 saturated heterocycles. The lowest BCUT2D eigenvalue weighted by molar-refractivity contribution is -0.123. The maximum atomic E-state index is 12.2. The molecule has 0 heterocycles. The molecule has 1 aromatic carbocycles. The highest BCUT2D eigenvalue weighted by molar-refractivity contribution is 6.33. The number of hydrazone groups is 1. The average molecular weight is 291 g/mol. The zero-order chi connectivity index (χ0) is 14.2. The molecule has 106 valence electrons. The number of nitrogens with one attached hydrogen (secondary N) is 1. The third-order valence-corrected chi connectivity index (χ3v) is 5.24. The Morgan fingerprint density at radius 2 is 2.25 bits per heavy atom. The van der Waals surface area contributed by atoms with Crippen molar-refractivity contribution in [3.8, 4) is 0 Å². The minimum Gasteiger partial charge on any atom is -0.273 e. The van der Waals surface area contributed by atoms with Gasteiger partial charge in [0.05, 0.1) is 6.21 Å². The zero-order valence-electron chi connectivity index (χ0n) is 11.6. The van der Waals surface area contributed by atoms with Crippen LogP contribution in [0.3, 0.4) is 0 Å².